The first-order valence-corrected chi connectivity index (χ1v) is 9.72. The number of hydrogen-bond donors (Lipinski definition) is 3. The van der Waals surface area contributed by atoms with Crippen LogP contribution in [0.2, 0.25) is 5.02 Å². The van der Waals surface area contributed by atoms with Gasteiger partial charge in [0.05, 0.1) is 10.7 Å². The van der Waals surface area contributed by atoms with E-state index in [1.165, 1.54) is 4.90 Å². The van der Waals surface area contributed by atoms with Crippen LogP contribution in [0, 0.1) is 11.8 Å². The van der Waals surface area contributed by atoms with Crippen LogP contribution in [0.1, 0.15) is 32.3 Å². The van der Waals surface area contributed by atoms with Crippen molar-refractivity contribution in [3.05, 3.63) is 28.8 Å². The fourth-order valence-corrected chi connectivity index (χ4v) is 5.14. The van der Waals surface area contributed by atoms with E-state index in [2.05, 4.69) is 5.32 Å². The second kappa shape index (κ2) is 6.29. The van der Waals surface area contributed by atoms with Gasteiger partial charge in [-0.1, -0.05) is 31.0 Å². The summed E-state index contributed by atoms with van der Waals surface area (Å²) in [5.41, 5.74) is -0.186. The van der Waals surface area contributed by atoms with Crippen molar-refractivity contribution in [3.63, 3.8) is 0 Å². The van der Waals surface area contributed by atoms with Crippen LogP contribution < -0.4 is 10.6 Å². The van der Waals surface area contributed by atoms with Gasteiger partial charge in [-0.3, -0.25) is 19.3 Å². The predicted molar refractivity (Wildman–Crippen MR) is 97.8 cm³/mol. The number of para-hydroxylation sites is 1. The Labute approximate surface area is 162 Å². The third-order valence-electron chi connectivity index (χ3n) is 6.17. The number of aliphatic hydroxyl groups is 1. The van der Waals surface area contributed by atoms with Gasteiger partial charge in [-0.2, -0.15) is 0 Å². The maximum absolute atomic E-state index is 13.3. The maximum atomic E-state index is 13.3. The lowest BCUT2D eigenvalue weighted by molar-refractivity contribution is -0.738. The van der Waals surface area contributed by atoms with E-state index in [4.69, 9.17) is 11.6 Å². The lowest BCUT2D eigenvalue weighted by atomic mass is 9.76. The second-order valence-corrected chi connectivity index (χ2v) is 8.06. The van der Waals surface area contributed by atoms with E-state index in [1.807, 2.05) is 6.92 Å². The van der Waals surface area contributed by atoms with Gasteiger partial charge in [-0.15, -0.1) is 0 Å². The quantitative estimate of drug-likeness (QED) is 0.637. The number of nitrogens with two attached hydrogens (primary N) is 1. The molecule has 3 aliphatic rings. The topological polar surface area (TPSA) is 103 Å². The molecule has 0 bridgehead atoms. The molecule has 0 radical (unpaired) electrons. The number of fused-ring (bicyclic) bond motifs is 4. The predicted octanol–water partition coefficient (Wildman–Crippen LogP) is 0.215. The molecule has 0 aliphatic carbocycles. The van der Waals surface area contributed by atoms with E-state index in [9.17, 15) is 19.5 Å². The Kier molecular flexibility index (Phi) is 4.29. The lowest BCUT2D eigenvalue weighted by Gasteiger charge is -2.27. The molecule has 4 N–H and O–H groups in total. The van der Waals surface area contributed by atoms with Crippen molar-refractivity contribution in [1.29, 1.82) is 0 Å². The van der Waals surface area contributed by atoms with Gasteiger partial charge in [0.2, 0.25) is 17.4 Å². The molecule has 8 heteroatoms. The number of nitrogens with zero attached hydrogens (tertiary/aromatic N) is 1. The van der Waals surface area contributed by atoms with Gasteiger partial charge >= 0.3 is 0 Å². The average molecular weight is 393 g/mol. The number of likely N-dealkylation sites (tertiary alicyclic amines) is 1. The Morgan fingerprint density at radius 3 is 2.74 bits per heavy atom. The maximum Gasteiger partial charge on any atom is 0.291 e. The number of hydrogen-bond acceptors (Lipinski definition) is 4. The van der Waals surface area contributed by atoms with Gasteiger partial charge in [-0.05, 0) is 25.5 Å². The number of anilines is 1. The van der Waals surface area contributed by atoms with Crippen molar-refractivity contribution in [2.45, 2.75) is 44.4 Å². The van der Waals surface area contributed by atoms with E-state index >= 15 is 0 Å². The van der Waals surface area contributed by atoms with E-state index in [1.54, 1.807) is 30.4 Å². The molecule has 4 rings (SSSR count). The zero-order chi connectivity index (χ0) is 19.5. The normalized spacial score (nSPS) is 32.8. The third kappa shape index (κ3) is 2.31. The van der Waals surface area contributed by atoms with Gasteiger partial charge < -0.3 is 15.7 Å². The number of carbonyl (C=O) groups excluding carboxylic acids is 3. The zero-order valence-electron chi connectivity index (χ0n) is 15.2. The molecule has 1 aromatic carbocycles. The van der Waals surface area contributed by atoms with Crippen LogP contribution in [0.25, 0.3) is 0 Å². The van der Waals surface area contributed by atoms with E-state index in [-0.39, 0.29) is 17.7 Å². The average Bonchev–Trinajstić information content (AvgIpc) is 3.21. The molecule has 2 saturated heterocycles. The highest BCUT2D eigenvalue weighted by Crippen LogP contribution is 2.50. The molecule has 27 heavy (non-hydrogen) atoms. The standard InChI is InChI=1S/C19H22ClN3O4/c1-3-4-8-23-16(25)12-13(17(23)26)19(22-14(12)9(2)24)10-6-5-7-11(20)15(10)21-18(19)27/h5-7,9,12-14,22,24H,3-4,8H2,1-2H3,(H,21,27)/p+1/t9-,12+,13+,14-,19-/m1/s1. The molecule has 3 heterocycles. The van der Waals surface area contributed by atoms with Crippen molar-refractivity contribution in [1.82, 2.24) is 4.90 Å². The third-order valence-corrected chi connectivity index (χ3v) is 6.48. The summed E-state index contributed by atoms with van der Waals surface area (Å²) in [6.07, 6.45) is 0.708. The summed E-state index contributed by atoms with van der Waals surface area (Å²) in [5, 5.41) is 15.2. The first-order valence-electron chi connectivity index (χ1n) is 9.34. The first kappa shape index (κ1) is 18.4. The molecule has 5 atom stereocenters. The molecule has 0 unspecified atom stereocenters. The first-order chi connectivity index (χ1) is 12.8. The number of quaternary nitrogens is 1. The number of rotatable bonds is 4. The van der Waals surface area contributed by atoms with Crippen LogP contribution in [0.4, 0.5) is 5.69 Å². The van der Waals surface area contributed by atoms with E-state index < -0.39 is 29.5 Å². The van der Waals surface area contributed by atoms with Gasteiger partial charge in [0, 0.05) is 12.1 Å². The van der Waals surface area contributed by atoms with Crippen LogP contribution in [0.3, 0.4) is 0 Å². The van der Waals surface area contributed by atoms with Gasteiger partial charge in [-0.25, -0.2) is 0 Å². The Balaban J connectivity index is 1.87. The summed E-state index contributed by atoms with van der Waals surface area (Å²) in [6.45, 7) is 3.92. The fraction of sp³-hybridized carbons (Fsp3) is 0.526. The number of amides is 3. The summed E-state index contributed by atoms with van der Waals surface area (Å²) in [6, 6.07) is 4.60. The van der Waals surface area contributed by atoms with Crippen molar-refractivity contribution in [2.75, 3.05) is 11.9 Å². The number of benzene rings is 1. The van der Waals surface area contributed by atoms with Gasteiger partial charge in [0.25, 0.3) is 5.91 Å². The van der Waals surface area contributed by atoms with Crippen molar-refractivity contribution in [2.24, 2.45) is 11.8 Å². The lowest BCUT2D eigenvalue weighted by Crippen LogP contribution is -3.00. The second-order valence-electron chi connectivity index (χ2n) is 7.66. The summed E-state index contributed by atoms with van der Waals surface area (Å²) >= 11 is 6.26. The SMILES string of the molecule is CCCCN1C(=O)[C@@H]2[C@@H]([C@@H](C)O)[NH2+][C@@]3(C(=O)Nc4c(Cl)cccc43)[C@@H]2C1=O. The molecule has 2 fully saturated rings. The van der Waals surface area contributed by atoms with Crippen molar-refractivity contribution >= 4 is 35.0 Å². The highest BCUT2D eigenvalue weighted by molar-refractivity contribution is 6.35. The highest BCUT2D eigenvalue weighted by Gasteiger charge is 2.74. The Morgan fingerprint density at radius 2 is 2.07 bits per heavy atom. The number of halogens is 1. The monoisotopic (exact) mass is 392 g/mol. The van der Waals surface area contributed by atoms with Crippen LogP contribution in [-0.2, 0) is 19.9 Å². The van der Waals surface area contributed by atoms with Gasteiger partial charge in [0.1, 0.15) is 24.0 Å². The summed E-state index contributed by atoms with van der Waals surface area (Å²) in [5.74, 6) is -2.56. The minimum absolute atomic E-state index is 0.291. The van der Waals surface area contributed by atoms with Crippen LogP contribution in [-0.4, -0.2) is 46.4 Å². The number of nitrogens with one attached hydrogen (secondary N) is 1. The zero-order valence-corrected chi connectivity index (χ0v) is 16.0. The summed E-state index contributed by atoms with van der Waals surface area (Å²) in [4.78, 5) is 40.7. The van der Waals surface area contributed by atoms with Crippen molar-refractivity contribution < 1.29 is 24.8 Å². The highest BCUT2D eigenvalue weighted by atomic mass is 35.5. The van der Waals surface area contributed by atoms with Crippen LogP contribution >= 0.6 is 11.6 Å². The Morgan fingerprint density at radius 1 is 1.33 bits per heavy atom. The van der Waals surface area contributed by atoms with Crippen LogP contribution in [0.15, 0.2) is 18.2 Å². The minimum Gasteiger partial charge on any atom is -0.387 e. The molecule has 144 valence electrons. The molecule has 7 nitrogen and oxygen atoms in total. The molecular formula is C19H23ClN3O4+. The number of unbranched alkanes of at least 4 members (excludes halogenated alkanes) is 1. The fourth-order valence-electron chi connectivity index (χ4n) is 4.91. The number of imide groups is 1. The van der Waals surface area contributed by atoms with Crippen LogP contribution in [0.5, 0.6) is 0 Å². The largest absolute Gasteiger partial charge is 0.387 e. The Bertz CT molecular complexity index is 842. The summed E-state index contributed by atoms with van der Waals surface area (Å²) in [7, 11) is 0. The molecule has 0 saturated carbocycles. The van der Waals surface area contributed by atoms with Crippen molar-refractivity contribution in [3.8, 4) is 0 Å². The molecule has 3 aliphatic heterocycles. The molecule has 1 spiro atoms. The Hall–Kier alpha value is -1.96. The van der Waals surface area contributed by atoms with E-state index in [0.717, 1.165) is 6.42 Å². The smallest absolute Gasteiger partial charge is 0.291 e. The van der Waals surface area contributed by atoms with E-state index in [0.29, 0.717) is 29.2 Å². The van der Waals surface area contributed by atoms with Gasteiger partial charge in [0.15, 0.2) is 0 Å². The molecule has 3 amide bonds. The molecule has 1 aromatic rings. The molecular weight excluding hydrogens is 370 g/mol. The summed E-state index contributed by atoms with van der Waals surface area (Å²) < 4.78 is 0. The molecule has 0 aromatic heterocycles. The number of aliphatic hydroxyl groups excluding tert-OH is 1. The minimum atomic E-state index is -1.28. The number of carbonyl (C=O) groups is 3.